The van der Waals surface area contributed by atoms with Crippen LogP contribution in [0, 0.1) is 5.82 Å². The number of benzene rings is 1. The fraction of sp³-hybridized carbons (Fsp3) is 0.417. The van der Waals surface area contributed by atoms with E-state index in [9.17, 15) is 17.6 Å². The van der Waals surface area contributed by atoms with Crippen LogP contribution in [0.5, 0.6) is 0 Å². The normalized spacial score (nSPS) is 13.0. The molecule has 0 spiro atoms. The summed E-state index contributed by atoms with van der Waals surface area (Å²) in [5, 5.41) is 0.823. The van der Waals surface area contributed by atoms with Crippen molar-refractivity contribution in [2.45, 2.75) is 17.1 Å². The number of amides is 1. The number of carbonyl (C=O) groups excluding carboxylic acids is 1. The molecule has 0 fully saturated rings. The third-order valence-corrected chi connectivity index (χ3v) is 5.01. The fourth-order valence-corrected chi connectivity index (χ4v) is 2.98. The monoisotopic (exact) mass is 323 g/mol. The Kier molecular flexibility index (Phi) is 5.91. The second-order valence-electron chi connectivity index (χ2n) is 4.05. The predicted octanol–water partition coefficient (Wildman–Crippen LogP) is 1.40. The number of sulfone groups is 1. The Labute approximate surface area is 122 Å². The van der Waals surface area contributed by atoms with E-state index in [-0.39, 0.29) is 23.1 Å². The van der Waals surface area contributed by atoms with Crippen LogP contribution in [0.4, 0.5) is 4.39 Å². The molecule has 1 aromatic carbocycles. The van der Waals surface area contributed by atoms with Crippen LogP contribution in [0.1, 0.15) is 6.92 Å². The third kappa shape index (κ3) is 3.91. The van der Waals surface area contributed by atoms with Crippen LogP contribution in [-0.2, 0) is 19.4 Å². The molecule has 0 aromatic heterocycles. The topological polar surface area (TPSA) is 72.5 Å². The van der Waals surface area contributed by atoms with Crippen LogP contribution in [-0.4, -0.2) is 39.8 Å². The van der Waals surface area contributed by atoms with Gasteiger partial charge >= 0.3 is 0 Å². The lowest BCUT2D eigenvalue weighted by molar-refractivity contribution is -0.120. The molecule has 8 heteroatoms. The first-order chi connectivity index (χ1) is 9.30. The molecule has 0 aliphatic rings. The maximum absolute atomic E-state index is 13.0. The van der Waals surface area contributed by atoms with Gasteiger partial charge in [0, 0.05) is 13.7 Å². The molecule has 1 atom stereocenters. The van der Waals surface area contributed by atoms with Gasteiger partial charge in [0.1, 0.15) is 11.1 Å². The minimum absolute atomic E-state index is 0.196. The summed E-state index contributed by atoms with van der Waals surface area (Å²) >= 11 is 5.55. The number of nitrogens with one attached hydrogen (secondary N) is 1. The minimum atomic E-state index is -3.92. The van der Waals surface area contributed by atoms with Gasteiger partial charge in [0.2, 0.25) is 5.91 Å². The summed E-state index contributed by atoms with van der Waals surface area (Å²) in [6, 6.07) is 3.02. The third-order valence-electron chi connectivity index (χ3n) is 2.66. The average molecular weight is 324 g/mol. The molecule has 1 amide bonds. The fourth-order valence-electron chi connectivity index (χ4n) is 1.42. The second kappa shape index (κ2) is 7.01. The number of ether oxygens (including phenoxy) is 1. The summed E-state index contributed by atoms with van der Waals surface area (Å²) in [4.78, 5) is 11.5. The summed E-state index contributed by atoms with van der Waals surface area (Å²) in [5.74, 6) is -1.37. The highest BCUT2D eigenvalue weighted by Crippen LogP contribution is 2.22. The predicted molar refractivity (Wildman–Crippen MR) is 72.9 cm³/mol. The van der Waals surface area contributed by atoms with Crippen LogP contribution in [0.2, 0.25) is 5.02 Å². The van der Waals surface area contributed by atoms with Gasteiger partial charge in [-0.3, -0.25) is 4.79 Å². The Morgan fingerprint density at radius 1 is 1.50 bits per heavy atom. The van der Waals surface area contributed by atoms with Crippen molar-refractivity contribution in [3.8, 4) is 0 Å². The van der Waals surface area contributed by atoms with Gasteiger partial charge in [-0.15, -0.1) is 0 Å². The highest BCUT2D eigenvalue weighted by Gasteiger charge is 2.30. The molecule has 1 unspecified atom stereocenters. The van der Waals surface area contributed by atoms with Crippen LogP contribution >= 0.6 is 11.6 Å². The molecular formula is C12H15ClFNO4S. The van der Waals surface area contributed by atoms with Gasteiger partial charge in [-0.2, -0.15) is 0 Å². The Bertz CT molecular complexity index is 591. The first kappa shape index (κ1) is 16.9. The van der Waals surface area contributed by atoms with E-state index in [2.05, 4.69) is 5.32 Å². The molecule has 0 radical (unpaired) electrons. The van der Waals surface area contributed by atoms with Gasteiger partial charge < -0.3 is 10.1 Å². The standard InChI is InChI=1S/C12H15ClFNO4S/c1-8(12(16)15-5-6-19-2)20(17,18)9-3-4-11(14)10(13)7-9/h3-4,7-8H,5-6H2,1-2H3,(H,15,16). The van der Waals surface area contributed by atoms with Gasteiger partial charge in [-0.25, -0.2) is 12.8 Å². The second-order valence-corrected chi connectivity index (χ2v) is 6.72. The van der Waals surface area contributed by atoms with Gasteiger partial charge in [-0.05, 0) is 25.1 Å². The summed E-state index contributed by atoms with van der Waals surface area (Å²) in [6.07, 6.45) is 0. The van der Waals surface area contributed by atoms with Crippen molar-refractivity contribution in [2.75, 3.05) is 20.3 Å². The van der Waals surface area contributed by atoms with Crippen molar-refractivity contribution >= 4 is 27.3 Å². The molecule has 0 saturated carbocycles. The number of rotatable bonds is 6. The zero-order valence-electron chi connectivity index (χ0n) is 11.0. The lowest BCUT2D eigenvalue weighted by Crippen LogP contribution is -2.39. The molecule has 20 heavy (non-hydrogen) atoms. The SMILES string of the molecule is COCCNC(=O)C(C)S(=O)(=O)c1ccc(F)c(Cl)c1. The van der Waals surface area contributed by atoms with Crippen molar-refractivity contribution < 1.29 is 22.3 Å². The van der Waals surface area contributed by atoms with E-state index in [1.54, 1.807) is 0 Å². The molecule has 5 nitrogen and oxygen atoms in total. The largest absolute Gasteiger partial charge is 0.383 e. The Morgan fingerprint density at radius 2 is 2.15 bits per heavy atom. The zero-order valence-corrected chi connectivity index (χ0v) is 12.6. The molecule has 1 aromatic rings. The van der Waals surface area contributed by atoms with Crippen LogP contribution < -0.4 is 5.32 Å². The molecule has 112 valence electrons. The van der Waals surface area contributed by atoms with Gasteiger partial charge in [-0.1, -0.05) is 11.6 Å². The zero-order chi connectivity index (χ0) is 15.3. The molecule has 0 heterocycles. The highest BCUT2D eigenvalue weighted by molar-refractivity contribution is 7.92. The molecule has 0 saturated heterocycles. The summed E-state index contributed by atoms with van der Waals surface area (Å²) in [5.41, 5.74) is 0. The smallest absolute Gasteiger partial charge is 0.238 e. The lowest BCUT2D eigenvalue weighted by atomic mass is 10.3. The van der Waals surface area contributed by atoms with Crippen molar-refractivity contribution in [3.63, 3.8) is 0 Å². The van der Waals surface area contributed by atoms with Crippen LogP contribution in [0.25, 0.3) is 0 Å². The number of carbonyl (C=O) groups is 1. The first-order valence-corrected chi connectivity index (χ1v) is 7.68. The quantitative estimate of drug-likeness (QED) is 0.634. The van der Waals surface area contributed by atoms with Crippen molar-refractivity contribution in [1.82, 2.24) is 5.32 Å². The molecule has 1 N–H and O–H groups in total. The van der Waals surface area contributed by atoms with E-state index in [1.165, 1.54) is 14.0 Å². The maximum atomic E-state index is 13.0. The lowest BCUT2D eigenvalue weighted by Gasteiger charge is -2.13. The maximum Gasteiger partial charge on any atom is 0.238 e. The van der Waals surface area contributed by atoms with Gasteiger partial charge in [0.15, 0.2) is 9.84 Å². The van der Waals surface area contributed by atoms with E-state index in [4.69, 9.17) is 16.3 Å². The van der Waals surface area contributed by atoms with Crippen molar-refractivity contribution in [2.24, 2.45) is 0 Å². The molecule has 1 rings (SSSR count). The highest BCUT2D eigenvalue weighted by atomic mass is 35.5. The number of hydrogen-bond acceptors (Lipinski definition) is 4. The van der Waals surface area contributed by atoms with E-state index < -0.39 is 26.8 Å². The summed E-state index contributed by atoms with van der Waals surface area (Å²) in [6.45, 7) is 1.75. The van der Waals surface area contributed by atoms with E-state index in [0.717, 1.165) is 18.2 Å². The number of methoxy groups -OCH3 is 1. The Morgan fingerprint density at radius 3 is 2.70 bits per heavy atom. The van der Waals surface area contributed by atoms with Gasteiger partial charge in [0.05, 0.1) is 16.5 Å². The Hall–Kier alpha value is -1.18. The minimum Gasteiger partial charge on any atom is -0.383 e. The summed E-state index contributed by atoms with van der Waals surface area (Å²) < 4.78 is 42.2. The van der Waals surface area contributed by atoms with E-state index >= 15 is 0 Å². The van der Waals surface area contributed by atoms with Crippen LogP contribution in [0.15, 0.2) is 23.1 Å². The number of halogens is 2. The summed E-state index contributed by atoms with van der Waals surface area (Å²) in [7, 11) is -2.45. The average Bonchev–Trinajstić information content (AvgIpc) is 2.40. The van der Waals surface area contributed by atoms with E-state index in [1.807, 2.05) is 0 Å². The molecule has 0 aliphatic carbocycles. The molecule has 0 bridgehead atoms. The van der Waals surface area contributed by atoms with Gasteiger partial charge in [0.25, 0.3) is 0 Å². The van der Waals surface area contributed by atoms with E-state index in [0.29, 0.717) is 0 Å². The van der Waals surface area contributed by atoms with Crippen LogP contribution in [0.3, 0.4) is 0 Å². The molecule has 0 aliphatic heterocycles. The Balaban J connectivity index is 2.91. The first-order valence-electron chi connectivity index (χ1n) is 5.76. The van der Waals surface area contributed by atoms with Crippen molar-refractivity contribution in [1.29, 1.82) is 0 Å². The van der Waals surface area contributed by atoms with Crippen molar-refractivity contribution in [3.05, 3.63) is 29.0 Å². The number of hydrogen-bond donors (Lipinski definition) is 1. The molecular weight excluding hydrogens is 309 g/mol.